The van der Waals surface area contributed by atoms with Crippen LogP contribution >= 0.6 is 0 Å². The molecule has 0 unspecified atom stereocenters. The first-order chi connectivity index (χ1) is 14.4. The second-order valence-corrected chi connectivity index (χ2v) is 8.81. The van der Waals surface area contributed by atoms with Crippen LogP contribution in [0.1, 0.15) is 21.5 Å². The number of halogens is 3. The van der Waals surface area contributed by atoms with Crippen molar-refractivity contribution in [3.8, 4) is 17.0 Å². The molecule has 0 atom stereocenters. The van der Waals surface area contributed by atoms with Crippen LogP contribution in [-0.2, 0) is 20.8 Å². The molecule has 0 bridgehead atoms. The Morgan fingerprint density at radius 1 is 1.10 bits per heavy atom. The Balaban J connectivity index is 2.43. The molecule has 0 fully saturated rings. The molecule has 10 heteroatoms. The van der Waals surface area contributed by atoms with Crippen molar-refractivity contribution < 1.29 is 35.9 Å². The topological polar surface area (TPSA) is 82.6 Å². The highest BCUT2D eigenvalue weighted by Crippen LogP contribution is 2.37. The second-order valence-electron chi connectivity index (χ2n) is 6.82. The number of methoxy groups -OCH3 is 2. The Morgan fingerprint density at radius 3 is 2.32 bits per heavy atom. The average Bonchev–Trinajstić information content (AvgIpc) is 2.70. The zero-order chi connectivity index (χ0) is 23.1. The molecule has 164 valence electrons. The minimum Gasteiger partial charge on any atom is -0.495 e. The van der Waals surface area contributed by atoms with Crippen molar-refractivity contribution in [2.45, 2.75) is 18.0 Å². The summed E-state index contributed by atoms with van der Waals surface area (Å²) in [5, 5.41) is 0.182. The number of hydrogen-bond acceptors (Lipinski definition) is 6. The van der Waals surface area contributed by atoms with Gasteiger partial charge in [-0.1, -0.05) is 12.1 Å². The van der Waals surface area contributed by atoms with Crippen LogP contribution in [0.3, 0.4) is 0 Å². The van der Waals surface area contributed by atoms with Gasteiger partial charge >= 0.3 is 12.1 Å². The number of ether oxygens (including phenoxy) is 2. The van der Waals surface area contributed by atoms with Gasteiger partial charge in [0.25, 0.3) is 0 Å². The Kier molecular flexibility index (Phi) is 5.70. The number of sulfone groups is 1. The highest BCUT2D eigenvalue weighted by atomic mass is 32.2. The molecule has 0 radical (unpaired) electrons. The number of nitrogens with zero attached hydrogens (tertiary/aromatic N) is 1. The molecule has 0 saturated heterocycles. The summed E-state index contributed by atoms with van der Waals surface area (Å²) in [6, 6.07) is 7.14. The Morgan fingerprint density at radius 2 is 1.77 bits per heavy atom. The van der Waals surface area contributed by atoms with Crippen LogP contribution in [0.2, 0.25) is 0 Å². The third kappa shape index (κ3) is 4.20. The van der Waals surface area contributed by atoms with Gasteiger partial charge in [-0.2, -0.15) is 13.2 Å². The summed E-state index contributed by atoms with van der Waals surface area (Å²) >= 11 is 0. The van der Waals surface area contributed by atoms with E-state index in [1.807, 2.05) is 0 Å². The van der Waals surface area contributed by atoms with Crippen LogP contribution in [0.4, 0.5) is 13.2 Å². The van der Waals surface area contributed by atoms with E-state index in [4.69, 9.17) is 9.47 Å². The Hall–Kier alpha value is -3.14. The molecular formula is C21H18F3NO5S. The lowest BCUT2D eigenvalue weighted by atomic mass is 9.96. The van der Waals surface area contributed by atoms with Crippen LogP contribution in [0.25, 0.3) is 22.2 Å². The molecule has 0 aliphatic rings. The molecule has 3 aromatic rings. The summed E-state index contributed by atoms with van der Waals surface area (Å²) < 4.78 is 73.9. The Labute approximate surface area is 176 Å². The molecule has 6 nitrogen and oxygen atoms in total. The maximum absolute atomic E-state index is 13.2. The molecule has 1 heterocycles. The first-order valence-corrected chi connectivity index (χ1v) is 10.8. The van der Waals surface area contributed by atoms with E-state index in [0.29, 0.717) is 0 Å². The SMILES string of the molecule is COC(=O)c1c(C)c(-c2cccc(C(F)(F)F)c2)nc2cc(OC)c(S(C)(=O)=O)cc12. The first kappa shape index (κ1) is 22.5. The fourth-order valence-corrected chi connectivity index (χ4v) is 4.14. The minimum atomic E-state index is -4.56. The number of aromatic nitrogens is 1. The van der Waals surface area contributed by atoms with Gasteiger partial charge in [0.1, 0.15) is 10.6 Å². The molecule has 3 rings (SSSR count). The lowest BCUT2D eigenvalue weighted by molar-refractivity contribution is -0.137. The predicted octanol–water partition coefficient (Wildman–Crippen LogP) is 4.43. The van der Waals surface area contributed by atoms with E-state index in [-0.39, 0.29) is 43.9 Å². The maximum Gasteiger partial charge on any atom is 0.416 e. The number of pyridine rings is 1. The number of fused-ring (bicyclic) bond motifs is 1. The van der Waals surface area contributed by atoms with E-state index in [9.17, 15) is 26.4 Å². The molecule has 0 saturated carbocycles. The van der Waals surface area contributed by atoms with E-state index in [1.54, 1.807) is 0 Å². The molecule has 0 spiro atoms. The largest absolute Gasteiger partial charge is 0.495 e. The summed E-state index contributed by atoms with van der Waals surface area (Å²) in [4.78, 5) is 16.8. The van der Waals surface area contributed by atoms with Crippen molar-refractivity contribution in [1.29, 1.82) is 0 Å². The first-order valence-electron chi connectivity index (χ1n) is 8.86. The Bertz CT molecular complexity index is 1300. The van der Waals surface area contributed by atoms with Crippen molar-refractivity contribution >= 4 is 26.7 Å². The normalized spacial score (nSPS) is 12.1. The van der Waals surface area contributed by atoms with Gasteiger partial charge in [0, 0.05) is 23.3 Å². The fourth-order valence-electron chi connectivity index (χ4n) is 3.30. The van der Waals surface area contributed by atoms with Crippen molar-refractivity contribution in [3.05, 3.63) is 53.1 Å². The number of alkyl halides is 3. The summed E-state index contributed by atoms with van der Waals surface area (Å²) in [5.41, 5.74) is -0.159. The van der Waals surface area contributed by atoms with Crippen LogP contribution in [0.5, 0.6) is 5.75 Å². The molecule has 0 amide bonds. The lowest BCUT2D eigenvalue weighted by Gasteiger charge is -2.16. The van der Waals surface area contributed by atoms with Gasteiger partial charge in [-0.3, -0.25) is 0 Å². The fraction of sp³-hybridized carbons (Fsp3) is 0.238. The van der Waals surface area contributed by atoms with Crippen molar-refractivity contribution in [2.75, 3.05) is 20.5 Å². The molecule has 31 heavy (non-hydrogen) atoms. The third-order valence-electron chi connectivity index (χ3n) is 4.77. The zero-order valence-corrected chi connectivity index (χ0v) is 17.8. The highest BCUT2D eigenvalue weighted by molar-refractivity contribution is 7.90. The number of rotatable bonds is 4. The van der Waals surface area contributed by atoms with Gasteiger partial charge in [0.2, 0.25) is 0 Å². The smallest absolute Gasteiger partial charge is 0.416 e. The third-order valence-corrected chi connectivity index (χ3v) is 5.88. The summed E-state index contributed by atoms with van der Waals surface area (Å²) in [7, 11) is -1.28. The van der Waals surface area contributed by atoms with Gasteiger partial charge in [0.05, 0.1) is 36.6 Å². The molecule has 2 aromatic carbocycles. The van der Waals surface area contributed by atoms with E-state index in [0.717, 1.165) is 25.5 Å². The summed E-state index contributed by atoms with van der Waals surface area (Å²) in [6.07, 6.45) is -3.56. The summed E-state index contributed by atoms with van der Waals surface area (Å²) in [6.45, 7) is 1.51. The van der Waals surface area contributed by atoms with Crippen LogP contribution in [0, 0.1) is 6.92 Å². The van der Waals surface area contributed by atoms with Gasteiger partial charge in [-0.05, 0) is 30.7 Å². The quantitative estimate of drug-likeness (QED) is 0.544. The van der Waals surface area contributed by atoms with Crippen LogP contribution < -0.4 is 4.74 Å². The second kappa shape index (κ2) is 7.84. The van der Waals surface area contributed by atoms with E-state index in [1.165, 1.54) is 38.3 Å². The van der Waals surface area contributed by atoms with Crippen LogP contribution in [-0.4, -0.2) is 39.8 Å². The van der Waals surface area contributed by atoms with Crippen LogP contribution in [0.15, 0.2) is 41.3 Å². The molecule has 0 aliphatic heterocycles. The van der Waals surface area contributed by atoms with Crippen molar-refractivity contribution in [2.24, 2.45) is 0 Å². The number of esters is 1. The van der Waals surface area contributed by atoms with Gasteiger partial charge in [-0.25, -0.2) is 18.2 Å². The standard InChI is InChI=1S/C21H18F3NO5S/c1-11-18(20(26)30-3)14-9-17(31(4,27)28)16(29-2)10-15(14)25-19(11)12-6-5-7-13(8-12)21(22,23)24/h5-10H,1-4H3. The molecule has 1 aromatic heterocycles. The van der Waals surface area contributed by atoms with E-state index >= 15 is 0 Å². The predicted molar refractivity (Wildman–Crippen MR) is 108 cm³/mol. The van der Waals surface area contributed by atoms with Gasteiger partial charge in [-0.15, -0.1) is 0 Å². The maximum atomic E-state index is 13.2. The van der Waals surface area contributed by atoms with Gasteiger partial charge < -0.3 is 9.47 Å². The molecule has 0 aliphatic carbocycles. The number of carbonyl (C=O) groups excluding carboxylic acids is 1. The average molecular weight is 453 g/mol. The number of benzene rings is 2. The summed E-state index contributed by atoms with van der Waals surface area (Å²) in [5.74, 6) is -0.778. The highest BCUT2D eigenvalue weighted by Gasteiger charge is 2.31. The number of carbonyl (C=O) groups is 1. The monoisotopic (exact) mass is 453 g/mol. The van der Waals surface area contributed by atoms with Crippen molar-refractivity contribution in [1.82, 2.24) is 4.98 Å². The van der Waals surface area contributed by atoms with E-state index in [2.05, 4.69) is 4.98 Å². The van der Waals surface area contributed by atoms with E-state index < -0.39 is 27.5 Å². The zero-order valence-electron chi connectivity index (χ0n) is 17.0. The molecular weight excluding hydrogens is 435 g/mol. The van der Waals surface area contributed by atoms with Crippen molar-refractivity contribution in [3.63, 3.8) is 0 Å². The number of hydrogen-bond donors (Lipinski definition) is 0. The molecule has 0 N–H and O–H groups in total. The van der Waals surface area contributed by atoms with Gasteiger partial charge in [0.15, 0.2) is 9.84 Å². The minimum absolute atomic E-state index is 0.00263. The lowest BCUT2D eigenvalue weighted by Crippen LogP contribution is -2.10.